The van der Waals surface area contributed by atoms with Crippen molar-refractivity contribution in [1.82, 2.24) is 4.90 Å². The van der Waals surface area contributed by atoms with Crippen LogP contribution >= 0.6 is 11.3 Å². The molecule has 1 N–H and O–H groups in total. The molecule has 0 radical (unpaired) electrons. The molecule has 1 fully saturated rings. The maximum Gasteiger partial charge on any atom is 0.410 e. The van der Waals surface area contributed by atoms with E-state index in [-0.39, 0.29) is 12.0 Å². The van der Waals surface area contributed by atoms with E-state index in [0.717, 1.165) is 34.8 Å². The summed E-state index contributed by atoms with van der Waals surface area (Å²) < 4.78 is 10.5. The number of benzene rings is 1. The number of hydrogen-bond acceptors (Lipinski definition) is 7. The largest absolute Gasteiger partial charge is 0.450 e. The number of morpholine rings is 1. The summed E-state index contributed by atoms with van der Waals surface area (Å²) in [6, 6.07) is 10.2. The van der Waals surface area contributed by atoms with E-state index in [1.54, 1.807) is 17.9 Å². The fourth-order valence-corrected chi connectivity index (χ4v) is 5.24. The average molecular weight is 467 g/mol. The lowest BCUT2D eigenvalue weighted by Gasteiger charge is -2.30. The van der Waals surface area contributed by atoms with Gasteiger partial charge in [0.1, 0.15) is 11.1 Å². The summed E-state index contributed by atoms with van der Waals surface area (Å²) in [5.74, 6) is -0.302. The molecule has 1 aromatic heterocycles. The van der Waals surface area contributed by atoms with Crippen LogP contribution in [0.1, 0.15) is 28.5 Å². The standard InChI is InChI=1S/C24H26N4O4S/c1-2-32-24(30)28-10-9-18-19(15-25)23(33-21(18)16-28)26-22(29)8-7-17-5-3-4-6-20(17)27-11-13-31-14-12-27/h3-8H,2,9-14,16H2,1H3,(H,26,29). The minimum absolute atomic E-state index is 0.302. The molecule has 4 rings (SSSR count). The molecule has 2 aliphatic heterocycles. The number of fused-ring (bicyclic) bond motifs is 1. The van der Waals surface area contributed by atoms with Crippen LogP contribution in [0.25, 0.3) is 6.08 Å². The highest BCUT2D eigenvalue weighted by Crippen LogP contribution is 2.37. The van der Waals surface area contributed by atoms with Crippen molar-refractivity contribution in [1.29, 1.82) is 5.26 Å². The average Bonchev–Trinajstić information content (AvgIpc) is 3.19. The molecule has 1 aromatic carbocycles. The smallest absolute Gasteiger partial charge is 0.410 e. The van der Waals surface area contributed by atoms with Crippen LogP contribution in [0.4, 0.5) is 15.5 Å². The zero-order valence-corrected chi connectivity index (χ0v) is 19.3. The Balaban J connectivity index is 1.47. The Morgan fingerprint density at radius 3 is 2.82 bits per heavy atom. The molecule has 8 nitrogen and oxygen atoms in total. The molecule has 0 spiro atoms. The number of amides is 2. The molecule has 9 heteroatoms. The zero-order valence-electron chi connectivity index (χ0n) is 18.5. The first-order valence-corrected chi connectivity index (χ1v) is 11.8. The number of ether oxygens (including phenoxy) is 2. The summed E-state index contributed by atoms with van der Waals surface area (Å²) in [7, 11) is 0. The van der Waals surface area contributed by atoms with Crippen LogP contribution in [0.3, 0.4) is 0 Å². The summed E-state index contributed by atoms with van der Waals surface area (Å²) in [6.07, 6.45) is 3.49. The van der Waals surface area contributed by atoms with E-state index >= 15 is 0 Å². The molecule has 172 valence electrons. The molecule has 0 saturated carbocycles. The molecule has 1 saturated heterocycles. The molecule has 2 amide bonds. The summed E-state index contributed by atoms with van der Waals surface area (Å²) in [4.78, 5) is 29.5. The van der Waals surface area contributed by atoms with Crippen molar-refractivity contribution in [2.24, 2.45) is 0 Å². The van der Waals surface area contributed by atoms with Crippen molar-refractivity contribution < 1.29 is 19.1 Å². The third-order valence-corrected chi connectivity index (χ3v) is 6.77. The SMILES string of the molecule is CCOC(=O)N1CCc2c(sc(NC(=O)C=Cc3ccccc3N3CCOCC3)c2C#N)C1. The molecule has 0 bridgehead atoms. The van der Waals surface area contributed by atoms with Gasteiger partial charge in [0.15, 0.2) is 0 Å². The molecule has 0 atom stereocenters. The topological polar surface area (TPSA) is 94.9 Å². The molecular formula is C24H26N4O4S. The van der Waals surface area contributed by atoms with Gasteiger partial charge < -0.3 is 24.6 Å². The van der Waals surface area contributed by atoms with E-state index in [4.69, 9.17) is 9.47 Å². The predicted octanol–water partition coefficient (Wildman–Crippen LogP) is 3.62. The first kappa shape index (κ1) is 22.8. The van der Waals surface area contributed by atoms with Gasteiger partial charge in [0.25, 0.3) is 0 Å². The quantitative estimate of drug-likeness (QED) is 0.677. The third-order valence-electron chi connectivity index (χ3n) is 5.63. The van der Waals surface area contributed by atoms with Crippen LogP contribution in [0, 0.1) is 11.3 Å². The number of para-hydroxylation sites is 1. The minimum Gasteiger partial charge on any atom is -0.450 e. The number of thiophene rings is 1. The van der Waals surface area contributed by atoms with Crippen molar-refractivity contribution in [3.05, 3.63) is 51.9 Å². The van der Waals surface area contributed by atoms with Crippen LogP contribution in [0.15, 0.2) is 30.3 Å². The maximum atomic E-state index is 12.7. The van der Waals surface area contributed by atoms with E-state index in [1.807, 2.05) is 24.3 Å². The second kappa shape index (κ2) is 10.5. The monoisotopic (exact) mass is 466 g/mol. The van der Waals surface area contributed by atoms with Gasteiger partial charge in [-0.25, -0.2) is 4.79 Å². The van der Waals surface area contributed by atoms with Gasteiger partial charge in [0, 0.05) is 36.3 Å². The van der Waals surface area contributed by atoms with Crippen molar-refractivity contribution in [3.8, 4) is 6.07 Å². The number of carbonyl (C=O) groups excluding carboxylic acids is 2. The normalized spacial score (nSPS) is 15.8. The fourth-order valence-electron chi connectivity index (χ4n) is 4.02. The lowest BCUT2D eigenvalue weighted by atomic mass is 10.0. The molecule has 0 aliphatic carbocycles. The Labute approximate surface area is 197 Å². The van der Waals surface area contributed by atoms with Gasteiger partial charge in [-0.05, 0) is 36.6 Å². The highest BCUT2D eigenvalue weighted by Gasteiger charge is 2.28. The Hall–Kier alpha value is -3.35. The number of rotatable bonds is 5. The number of anilines is 2. The van der Waals surface area contributed by atoms with Crippen LogP contribution in [0.2, 0.25) is 0 Å². The van der Waals surface area contributed by atoms with E-state index in [0.29, 0.717) is 49.9 Å². The van der Waals surface area contributed by atoms with Crippen LogP contribution in [-0.4, -0.2) is 56.4 Å². The number of nitrogens with zero attached hydrogens (tertiary/aromatic N) is 3. The lowest BCUT2D eigenvalue weighted by molar-refractivity contribution is -0.111. The van der Waals surface area contributed by atoms with Crippen molar-refractivity contribution in [2.75, 3.05) is 49.7 Å². The van der Waals surface area contributed by atoms with E-state index in [1.165, 1.54) is 17.4 Å². The van der Waals surface area contributed by atoms with Crippen molar-refractivity contribution in [2.45, 2.75) is 19.9 Å². The fraction of sp³-hybridized carbons (Fsp3) is 0.375. The number of carbonyl (C=O) groups is 2. The number of nitriles is 1. The zero-order chi connectivity index (χ0) is 23.2. The summed E-state index contributed by atoms with van der Waals surface area (Å²) in [5.41, 5.74) is 3.40. The predicted molar refractivity (Wildman–Crippen MR) is 127 cm³/mol. The van der Waals surface area contributed by atoms with Crippen LogP contribution < -0.4 is 10.2 Å². The molecule has 2 aliphatic rings. The second-order valence-electron chi connectivity index (χ2n) is 7.67. The van der Waals surface area contributed by atoms with Gasteiger partial charge in [-0.3, -0.25) is 4.79 Å². The Kier molecular flexibility index (Phi) is 7.27. The first-order chi connectivity index (χ1) is 16.1. The third kappa shape index (κ3) is 5.18. The first-order valence-electron chi connectivity index (χ1n) is 11.0. The summed E-state index contributed by atoms with van der Waals surface area (Å²) in [6.45, 7) is 5.95. The maximum absolute atomic E-state index is 12.7. The van der Waals surface area contributed by atoms with Crippen LogP contribution in [0.5, 0.6) is 0 Å². The van der Waals surface area contributed by atoms with E-state index in [2.05, 4.69) is 16.3 Å². The van der Waals surface area contributed by atoms with Gasteiger partial charge in [0.05, 0.1) is 31.9 Å². The second-order valence-corrected chi connectivity index (χ2v) is 8.78. The number of nitrogens with one attached hydrogen (secondary N) is 1. The minimum atomic E-state index is -0.359. The van der Waals surface area contributed by atoms with Gasteiger partial charge in [-0.15, -0.1) is 11.3 Å². The molecular weight excluding hydrogens is 440 g/mol. The van der Waals surface area contributed by atoms with Crippen molar-refractivity contribution in [3.63, 3.8) is 0 Å². The Bertz CT molecular complexity index is 1100. The highest BCUT2D eigenvalue weighted by molar-refractivity contribution is 7.16. The van der Waals surface area contributed by atoms with Gasteiger partial charge in [0.2, 0.25) is 5.91 Å². The van der Waals surface area contributed by atoms with Gasteiger partial charge in [-0.1, -0.05) is 18.2 Å². The van der Waals surface area contributed by atoms with E-state index < -0.39 is 0 Å². The lowest BCUT2D eigenvalue weighted by Crippen LogP contribution is -2.36. The Morgan fingerprint density at radius 2 is 2.06 bits per heavy atom. The summed E-state index contributed by atoms with van der Waals surface area (Å²) >= 11 is 1.34. The molecule has 2 aromatic rings. The molecule has 3 heterocycles. The molecule has 33 heavy (non-hydrogen) atoms. The van der Waals surface area contributed by atoms with Crippen molar-refractivity contribution >= 4 is 40.1 Å². The number of hydrogen-bond donors (Lipinski definition) is 1. The van der Waals surface area contributed by atoms with Crippen LogP contribution in [-0.2, 0) is 27.2 Å². The molecule has 0 unspecified atom stereocenters. The Morgan fingerprint density at radius 1 is 1.27 bits per heavy atom. The van der Waals surface area contributed by atoms with Gasteiger partial charge in [-0.2, -0.15) is 5.26 Å². The highest BCUT2D eigenvalue weighted by atomic mass is 32.1. The summed E-state index contributed by atoms with van der Waals surface area (Å²) in [5, 5.41) is 13.1. The van der Waals surface area contributed by atoms with E-state index in [9.17, 15) is 14.9 Å². The van der Waals surface area contributed by atoms with Gasteiger partial charge >= 0.3 is 6.09 Å².